The second-order valence-corrected chi connectivity index (χ2v) is 7.20. The van der Waals surface area contributed by atoms with E-state index in [-0.39, 0.29) is 5.69 Å². The Bertz CT molecular complexity index is 556. The van der Waals surface area contributed by atoms with E-state index in [1.807, 2.05) is 0 Å². The van der Waals surface area contributed by atoms with Gasteiger partial charge < -0.3 is 9.63 Å². The van der Waals surface area contributed by atoms with Gasteiger partial charge in [0.25, 0.3) is 0 Å². The minimum atomic E-state index is -3.80. The van der Waals surface area contributed by atoms with Crippen LogP contribution >= 0.6 is 0 Å². The molecule has 0 aliphatic heterocycles. The summed E-state index contributed by atoms with van der Waals surface area (Å²) < 4.78 is 30.8. The molecule has 2 N–H and O–H groups in total. The van der Waals surface area contributed by atoms with E-state index in [4.69, 9.17) is 9.63 Å². The highest BCUT2D eigenvalue weighted by atomic mass is 32.2. The van der Waals surface area contributed by atoms with E-state index in [2.05, 4.69) is 9.88 Å². The third-order valence-electron chi connectivity index (χ3n) is 2.43. The molecule has 0 radical (unpaired) electrons. The molecule has 19 heavy (non-hydrogen) atoms. The van der Waals surface area contributed by atoms with E-state index in [1.54, 1.807) is 27.7 Å². The summed E-state index contributed by atoms with van der Waals surface area (Å²) in [4.78, 5) is 11.1. The fourth-order valence-electron chi connectivity index (χ4n) is 1.50. The lowest BCUT2D eigenvalue weighted by atomic mass is 9.88. The number of aryl methyl sites for hydroxylation is 1. The highest BCUT2D eigenvalue weighted by molar-refractivity contribution is 7.88. The van der Waals surface area contributed by atoms with Crippen LogP contribution in [0.5, 0.6) is 0 Å². The van der Waals surface area contributed by atoms with Crippen molar-refractivity contribution >= 4 is 16.0 Å². The molecule has 0 unspecified atom stereocenters. The maximum Gasteiger partial charge on any atom is 0.322 e. The SMILES string of the molecule is Cc1cc(CS(=O)(=O)N[C@H](C(=O)O)C(C)(C)C)no1. The molecule has 1 aromatic heterocycles. The summed E-state index contributed by atoms with van der Waals surface area (Å²) in [6, 6.07) is 0.289. The molecule has 1 aromatic rings. The number of carboxylic acid groups (broad SMARTS) is 1. The first-order valence-corrected chi connectivity index (χ1v) is 7.31. The van der Waals surface area contributed by atoms with Crippen molar-refractivity contribution < 1.29 is 22.8 Å². The second kappa shape index (κ2) is 5.30. The van der Waals surface area contributed by atoms with E-state index in [9.17, 15) is 13.2 Å². The zero-order valence-corrected chi connectivity index (χ0v) is 12.1. The highest BCUT2D eigenvalue weighted by Gasteiger charge is 2.34. The molecule has 0 spiro atoms. The first kappa shape index (κ1) is 15.6. The van der Waals surface area contributed by atoms with Crippen molar-refractivity contribution in [1.29, 1.82) is 0 Å². The van der Waals surface area contributed by atoms with Crippen LogP contribution in [-0.4, -0.2) is 30.7 Å². The number of aliphatic carboxylic acids is 1. The lowest BCUT2D eigenvalue weighted by Gasteiger charge is -2.27. The van der Waals surface area contributed by atoms with Crippen molar-refractivity contribution in [3.8, 4) is 0 Å². The topological polar surface area (TPSA) is 110 Å². The molecular formula is C11H18N2O5S. The van der Waals surface area contributed by atoms with Gasteiger partial charge in [0.1, 0.15) is 23.2 Å². The first-order valence-electron chi connectivity index (χ1n) is 5.66. The van der Waals surface area contributed by atoms with Gasteiger partial charge in [0, 0.05) is 6.07 Å². The molecule has 108 valence electrons. The number of nitrogens with zero attached hydrogens (tertiary/aromatic N) is 1. The number of hydrogen-bond donors (Lipinski definition) is 2. The first-order chi connectivity index (χ1) is 8.51. The van der Waals surface area contributed by atoms with Crippen molar-refractivity contribution in [3.63, 3.8) is 0 Å². The van der Waals surface area contributed by atoms with E-state index in [0.717, 1.165) is 0 Å². The van der Waals surface area contributed by atoms with Gasteiger partial charge in [0.15, 0.2) is 0 Å². The summed E-state index contributed by atoms with van der Waals surface area (Å²) in [5.41, 5.74) is -0.499. The van der Waals surface area contributed by atoms with Crippen LogP contribution in [0.15, 0.2) is 10.6 Å². The summed E-state index contributed by atoms with van der Waals surface area (Å²) in [7, 11) is -3.80. The zero-order valence-electron chi connectivity index (χ0n) is 11.3. The molecule has 0 aromatic carbocycles. The van der Waals surface area contributed by atoms with Crippen molar-refractivity contribution in [3.05, 3.63) is 17.5 Å². The number of nitrogens with one attached hydrogen (secondary N) is 1. The van der Waals surface area contributed by atoms with Gasteiger partial charge in [0.2, 0.25) is 10.0 Å². The van der Waals surface area contributed by atoms with Crippen molar-refractivity contribution in [2.45, 2.75) is 39.5 Å². The Morgan fingerprint density at radius 3 is 2.47 bits per heavy atom. The van der Waals surface area contributed by atoms with Crippen LogP contribution in [0.3, 0.4) is 0 Å². The summed E-state index contributed by atoms with van der Waals surface area (Å²) in [6.07, 6.45) is 0. The molecular weight excluding hydrogens is 272 g/mol. The minimum absolute atomic E-state index is 0.239. The molecule has 1 heterocycles. The lowest BCUT2D eigenvalue weighted by molar-refractivity contribution is -0.141. The van der Waals surface area contributed by atoms with Crippen LogP contribution in [0.25, 0.3) is 0 Å². The summed E-state index contributed by atoms with van der Waals surface area (Å²) in [5.74, 6) is -1.13. The van der Waals surface area contributed by atoms with E-state index >= 15 is 0 Å². The van der Waals surface area contributed by atoms with E-state index in [1.165, 1.54) is 6.07 Å². The van der Waals surface area contributed by atoms with Gasteiger partial charge in [-0.1, -0.05) is 25.9 Å². The monoisotopic (exact) mass is 290 g/mol. The largest absolute Gasteiger partial charge is 0.480 e. The standard InChI is InChI=1S/C11H18N2O5S/c1-7-5-8(12-18-7)6-19(16,17)13-9(10(14)15)11(2,3)4/h5,9,13H,6H2,1-4H3,(H,14,15)/t9-/m1/s1. The third-order valence-corrected chi connectivity index (χ3v) is 3.70. The normalized spacial score (nSPS) is 14.3. The Balaban J connectivity index is 2.86. The summed E-state index contributed by atoms with van der Waals surface area (Å²) in [6.45, 7) is 6.59. The fourth-order valence-corrected chi connectivity index (χ4v) is 2.92. The van der Waals surface area contributed by atoms with E-state index < -0.39 is 33.2 Å². The molecule has 0 aliphatic rings. The molecule has 0 saturated carbocycles. The van der Waals surface area contributed by atoms with Crippen LogP contribution < -0.4 is 4.72 Å². The lowest BCUT2D eigenvalue weighted by Crippen LogP contribution is -2.49. The van der Waals surface area contributed by atoms with Gasteiger partial charge in [-0.05, 0) is 12.3 Å². The minimum Gasteiger partial charge on any atom is -0.480 e. The van der Waals surface area contributed by atoms with Crippen LogP contribution in [0.2, 0.25) is 0 Å². The Morgan fingerprint density at radius 1 is 1.53 bits per heavy atom. The predicted molar refractivity (Wildman–Crippen MR) is 67.9 cm³/mol. The van der Waals surface area contributed by atoms with E-state index in [0.29, 0.717) is 5.76 Å². The molecule has 0 bridgehead atoms. The van der Waals surface area contributed by atoms with Crippen LogP contribution in [-0.2, 0) is 20.6 Å². The molecule has 1 rings (SSSR count). The Kier molecular flexibility index (Phi) is 4.36. The molecule has 0 amide bonds. The van der Waals surface area contributed by atoms with Gasteiger partial charge in [-0.2, -0.15) is 0 Å². The van der Waals surface area contributed by atoms with Gasteiger partial charge in [-0.15, -0.1) is 0 Å². The number of rotatable bonds is 5. The molecule has 0 saturated heterocycles. The number of aromatic nitrogens is 1. The molecule has 7 nitrogen and oxygen atoms in total. The smallest absolute Gasteiger partial charge is 0.322 e. The number of sulfonamides is 1. The van der Waals surface area contributed by atoms with Crippen LogP contribution in [0.4, 0.5) is 0 Å². The number of carboxylic acids is 1. The van der Waals surface area contributed by atoms with Crippen molar-refractivity contribution in [2.24, 2.45) is 5.41 Å². The average molecular weight is 290 g/mol. The van der Waals surface area contributed by atoms with Gasteiger partial charge in [-0.25, -0.2) is 13.1 Å². The molecule has 1 atom stereocenters. The second-order valence-electron chi connectivity index (χ2n) is 5.44. The van der Waals surface area contributed by atoms with Crippen molar-refractivity contribution in [1.82, 2.24) is 9.88 Å². The van der Waals surface area contributed by atoms with Gasteiger partial charge in [0.05, 0.1) is 0 Å². The number of hydrogen-bond acceptors (Lipinski definition) is 5. The summed E-state index contributed by atoms with van der Waals surface area (Å²) >= 11 is 0. The maximum atomic E-state index is 11.9. The van der Waals surface area contributed by atoms with Crippen molar-refractivity contribution in [2.75, 3.05) is 0 Å². The quantitative estimate of drug-likeness (QED) is 0.833. The summed E-state index contributed by atoms with van der Waals surface area (Å²) in [5, 5.41) is 12.7. The average Bonchev–Trinajstić information content (AvgIpc) is 2.57. The fraction of sp³-hybridized carbons (Fsp3) is 0.636. The molecule has 0 fully saturated rings. The highest BCUT2D eigenvalue weighted by Crippen LogP contribution is 2.20. The molecule has 8 heteroatoms. The Labute approximate surface area is 112 Å². The molecule has 0 aliphatic carbocycles. The zero-order chi connectivity index (χ0) is 14.8. The van der Waals surface area contributed by atoms with Gasteiger partial charge >= 0.3 is 5.97 Å². The van der Waals surface area contributed by atoms with Crippen LogP contribution in [0.1, 0.15) is 32.2 Å². The predicted octanol–water partition coefficient (Wildman–Crippen LogP) is 0.902. The van der Waals surface area contributed by atoms with Gasteiger partial charge in [-0.3, -0.25) is 4.79 Å². The van der Waals surface area contributed by atoms with Crippen LogP contribution in [0, 0.1) is 12.3 Å². The number of carbonyl (C=O) groups is 1. The Hall–Kier alpha value is -1.41. The Morgan fingerprint density at radius 2 is 2.11 bits per heavy atom. The third kappa shape index (κ3) is 4.64. The maximum absolute atomic E-state index is 11.9.